The minimum atomic E-state index is -0.742. The van der Waals surface area contributed by atoms with E-state index in [2.05, 4.69) is 10.00 Å². The number of aromatic nitrogens is 2. The Kier molecular flexibility index (Phi) is 2.33. The number of hydrogen-bond donors (Lipinski definition) is 1. The van der Waals surface area contributed by atoms with E-state index < -0.39 is 5.60 Å². The van der Waals surface area contributed by atoms with Crippen molar-refractivity contribution in [3.8, 4) is 0 Å². The molecular formula is C10H17N3O. The van der Waals surface area contributed by atoms with Crippen molar-refractivity contribution in [2.75, 3.05) is 20.1 Å². The summed E-state index contributed by atoms with van der Waals surface area (Å²) in [6.07, 6.45) is 3.72. The van der Waals surface area contributed by atoms with Crippen molar-refractivity contribution in [1.29, 1.82) is 0 Å². The maximum atomic E-state index is 10.4. The number of likely N-dealkylation sites (tertiary alicyclic amines) is 1. The van der Waals surface area contributed by atoms with E-state index in [-0.39, 0.29) is 0 Å². The van der Waals surface area contributed by atoms with E-state index in [9.17, 15) is 5.11 Å². The molecule has 4 nitrogen and oxygen atoms in total. The van der Waals surface area contributed by atoms with Crippen LogP contribution < -0.4 is 0 Å². The van der Waals surface area contributed by atoms with Gasteiger partial charge < -0.3 is 10.0 Å². The molecule has 1 unspecified atom stereocenters. The summed E-state index contributed by atoms with van der Waals surface area (Å²) in [5.74, 6) is 0. The standard InChI is InChI=1S/C10H17N3O/c1-12-6-3-5-10(14,8-12)9-4-7-13(2)11-9/h4,7,14H,3,5-6,8H2,1-2H3. The van der Waals surface area contributed by atoms with E-state index in [1.54, 1.807) is 4.68 Å². The van der Waals surface area contributed by atoms with E-state index in [4.69, 9.17) is 0 Å². The molecule has 4 heteroatoms. The van der Waals surface area contributed by atoms with Gasteiger partial charge in [0.15, 0.2) is 0 Å². The summed E-state index contributed by atoms with van der Waals surface area (Å²) in [4.78, 5) is 2.15. The average Bonchev–Trinajstić information content (AvgIpc) is 2.52. The molecule has 1 aromatic heterocycles. The monoisotopic (exact) mass is 195 g/mol. The van der Waals surface area contributed by atoms with Crippen LogP contribution in [0.3, 0.4) is 0 Å². The van der Waals surface area contributed by atoms with Gasteiger partial charge in [-0.3, -0.25) is 4.68 Å². The third-order valence-electron chi connectivity index (χ3n) is 2.85. The Labute approximate surface area is 84.1 Å². The van der Waals surface area contributed by atoms with Crippen LogP contribution in [0.25, 0.3) is 0 Å². The quantitative estimate of drug-likeness (QED) is 0.702. The van der Waals surface area contributed by atoms with Crippen molar-refractivity contribution in [2.24, 2.45) is 7.05 Å². The van der Waals surface area contributed by atoms with Crippen molar-refractivity contribution < 1.29 is 5.11 Å². The van der Waals surface area contributed by atoms with Gasteiger partial charge >= 0.3 is 0 Å². The third-order valence-corrected chi connectivity index (χ3v) is 2.85. The van der Waals surface area contributed by atoms with Crippen LogP contribution in [0.15, 0.2) is 12.3 Å². The van der Waals surface area contributed by atoms with Gasteiger partial charge in [-0.05, 0) is 32.5 Å². The largest absolute Gasteiger partial charge is 0.382 e. The molecule has 1 N–H and O–H groups in total. The first kappa shape index (κ1) is 9.68. The topological polar surface area (TPSA) is 41.3 Å². The smallest absolute Gasteiger partial charge is 0.121 e. The average molecular weight is 195 g/mol. The molecule has 0 bridgehead atoms. The first-order valence-electron chi connectivity index (χ1n) is 5.01. The normalized spacial score (nSPS) is 29.4. The second-order valence-corrected chi connectivity index (χ2v) is 4.25. The first-order chi connectivity index (χ1) is 6.60. The number of piperidine rings is 1. The summed E-state index contributed by atoms with van der Waals surface area (Å²) in [6.45, 7) is 1.75. The predicted octanol–water partition coefficient (Wildman–Crippen LogP) is 0.333. The van der Waals surface area contributed by atoms with Crippen molar-refractivity contribution in [3.05, 3.63) is 18.0 Å². The van der Waals surface area contributed by atoms with Gasteiger partial charge in [0.25, 0.3) is 0 Å². The molecule has 0 aromatic carbocycles. The second kappa shape index (κ2) is 3.37. The molecule has 1 aliphatic heterocycles. The Morgan fingerprint density at radius 3 is 2.86 bits per heavy atom. The van der Waals surface area contributed by atoms with Gasteiger partial charge in [-0.2, -0.15) is 5.10 Å². The number of aryl methyl sites for hydroxylation is 1. The molecule has 1 aromatic rings. The highest BCUT2D eigenvalue weighted by atomic mass is 16.3. The molecule has 78 valence electrons. The lowest BCUT2D eigenvalue weighted by atomic mass is 9.90. The van der Waals surface area contributed by atoms with Crippen molar-refractivity contribution in [3.63, 3.8) is 0 Å². The molecule has 0 amide bonds. The van der Waals surface area contributed by atoms with E-state index >= 15 is 0 Å². The van der Waals surface area contributed by atoms with Crippen LogP contribution in [-0.4, -0.2) is 39.9 Å². The molecule has 2 heterocycles. The van der Waals surface area contributed by atoms with Crippen LogP contribution in [0, 0.1) is 0 Å². The zero-order valence-electron chi connectivity index (χ0n) is 8.77. The second-order valence-electron chi connectivity index (χ2n) is 4.25. The Balaban J connectivity index is 2.22. The third kappa shape index (κ3) is 1.67. The predicted molar refractivity (Wildman–Crippen MR) is 53.8 cm³/mol. The van der Waals surface area contributed by atoms with Gasteiger partial charge in [0.05, 0.1) is 5.69 Å². The van der Waals surface area contributed by atoms with Crippen LogP contribution in [0.2, 0.25) is 0 Å². The van der Waals surface area contributed by atoms with Crippen LogP contribution in [0.1, 0.15) is 18.5 Å². The lowest BCUT2D eigenvalue weighted by Crippen LogP contribution is -2.44. The molecule has 0 radical (unpaired) electrons. The summed E-state index contributed by atoms with van der Waals surface area (Å²) in [7, 11) is 3.91. The molecule has 1 fully saturated rings. The highest BCUT2D eigenvalue weighted by Crippen LogP contribution is 2.29. The Hall–Kier alpha value is -0.870. The molecule has 0 saturated carbocycles. The molecule has 14 heavy (non-hydrogen) atoms. The molecule has 2 rings (SSSR count). The highest BCUT2D eigenvalue weighted by Gasteiger charge is 2.35. The Morgan fingerprint density at radius 1 is 1.50 bits per heavy atom. The van der Waals surface area contributed by atoms with E-state index in [1.165, 1.54) is 0 Å². The van der Waals surface area contributed by atoms with Crippen LogP contribution in [0.5, 0.6) is 0 Å². The van der Waals surface area contributed by atoms with Crippen LogP contribution in [-0.2, 0) is 12.6 Å². The van der Waals surface area contributed by atoms with Gasteiger partial charge in [-0.25, -0.2) is 0 Å². The lowest BCUT2D eigenvalue weighted by Gasteiger charge is -2.36. The van der Waals surface area contributed by atoms with Crippen molar-refractivity contribution >= 4 is 0 Å². The molecule has 1 atom stereocenters. The fourth-order valence-electron chi connectivity index (χ4n) is 2.12. The fourth-order valence-corrected chi connectivity index (χ4v) is 2.12. The summed E-state index contributed by atoms with van der Waals surface area (Å²) in [6, 6.07) is 1.90. The number of hydrogen-bond acceptors (Lipinski definition) is 3. The minimum Gasteiger partial charge on any atom is -0.382 e. The van der Waals surface area contributed by atoms with Gasteiger partial charge in [0, 0.05) is 19.8 Å². The highest BCUT2D eigenvalue weighted by molar-refractivity contribution is 5.12. The number of aliphatic hydroxyl groups is 1. The Morgan fingerprint density at radius 2 is 2.29 bits per heavy atom. The summed E-state index contributed by atoms with van der Waals surface area (Å²) in [5, 5.41) is 14.7. The number of likely N-dealkylation sites (N-methyl/N-ethyl adjacent to an activating group) is 1. The zero-order valence-corrected chi connectivity index (χ0v) is 8.77. The maximum absolute atomic E-state index is 10.4. The zero-order chi connectivity index (χ0) is 10.2. The molecule has 1 saturated heterocycles. The van der Waals surface area contributed by atoms with Gasteiger partial charge in [0.2, 0.25) is 0 Å². The SMILES string of the molecule is CN1CCCC(O)(c2ccn(C)n2)C1. The van der Waals surface area contributed by atoms with Gasteiger partial charge in [-0.1, -0.05) is 0 Å². The molecule has 0 aliphatic carbocycles. The van der Waals surface area contributed by atoms with E-state index in [0.29, 0.717) is 6.54 Å². The summed E-state index contributed by atoms with van der Waals surface area (Å²) >= 11 is 0. The lowest BCUT2D eigenvalue weighted by molar-refractivity contribution is -0.0315. The summed E-state index contributed by atoms with van der Waals surface area (Å²) in [5.41, 5.74) is 0.0559. The summed E-state index contributed by atoms with van der Waals surface area (Å²) < 4.78 is 1.74. The maximum Gasteiger partial charge on any atom is 0.121 e. The van der Waals surface area contributed by atoms with Crippen molar-refractivity contribution in [2.45, 2.75) is 18.4 Å². The Bertz CT molecular complexity index is 323. The number of β-amino-alcohol motifs (C(OH)–C–C–N with tert-alkyl or cyclic N) is 1. The van der Waals surface area contributed by atoms with Gasteiger partial charge in [-0.15, -0.1) is 0 Å². The van der Waals surface area contributed by atoms with E-state index in [1.807, 2.05) is 26.4 Å². The first-order valence-corrected chi connectivity index (χ1v) is 5.01. The molecular weight excluding hydrogens is 178 g/mol. The number of rotatable bonds is 1. The fraction of sp³-hybridized carbons (Fsp3) is 0.700. The van der Waals surface area contributed by atoms with Gasteiger partial charge in [0.1, 0.15) is 5.60 Å². The molecule has 0 spiro atoms. The van der Waals surface area contributed by atoms with Crippen molar-refractivity contribution in [1.82, 2.24) is 14.7 Å². The van der Waals surface area contributed by atoms with Crippen LogP contribution in [0.4, 0.5) is 0 Å². The van der Waals surface area contributed by atoms with E-state index in [0.717, 1.165) is 25.1 Å². The molecule has 1 aliphatic rings. The minimum absolute atomic E-state index is 0.685. The van der Waals surface area contributed by atoms with Crippen LogP contribution >= 0.6 is 0 Å². The number of nitrogens with zero attached hydrogens (tertiary/aromatic N) is 3.